The Balaban J connectivity index is 2.28. The fraction of sp³-hybridized carbons (Fsp3) is 0.0769. The number of hydrogen-bond acceptors (Lipinski definition) is 3. The van der Waals surface area contributed by atoms with Gasteiger partial charge in [0.15, 0.2) is 5.82 Å². The molecule has 0 atom stereocenters. The Morgan fingerprint density at radius 3 is 2.89 bits per heavy atom. The molecule has 0 unspecified atom stereocenters. The minimum atomic E-state index is -0.608. The second kappa shape index (κ2) is 4.83. The lowest BCUT2D eigenvalue weighted by molar-refractivity contribution is 0.102. The van der Waals surface area contributed by atoms with Crippen LogP contribution >= 0.6 is 0 Å². The van der Waals surface area contributed by atoms with Crippen molar-refractivity contribution >= 4 is 11.6 Å². The number of carbonyl (C=O) groups excluding carboxylic acids is 1. The number of aromatic nitrogens is 1. The molecule has 0 aliphatic rings. The summed E-state index contributed by atoms with van der Waals surface area (Å²) in [5.41, 5.74) is 0.799. The lowest BCUT2D eigenvalue weighted by atomic mass is 10.1. The Bertz CT molecular complexity index is 599. The van der Waals surface area contributed by atoms with Gasteiger partial charge in [-0.2, -0.15) is 0 Å². The molecule has 5 heteroatoms. The minimum Gasteiger partial charge on any atom is -0.508 e. The molecule has 92 valence electrons. The number of halogens is 1. The molecular formula is C13H11FN2O2. The molecule has 0 aliphatic heterocycles. The highest BCUT2D eigenvalue weighted by atomic mass is 19.1. The molecule has 0 fully saturated rings. The summed E-state index contributed by atoms with van der Waals surface area (Å²) in [6.45, 7) is 1.62. The summed E-state index contributed by atoms with van der Waals surface area (Å²) in [6, 6.07) is 5.97. The third-order valence-corrected chi connectivity index (χ3v) is 2.57. The maximum Gasteiger partial charge on any atom is 0.256 e. The van der Waals surface area contributed by atoms with Crippen LogP contribution in [0.25, 0.3) is 0 Å². The van der Waals surface area contributed by atoms with Gasteiger partial charge in [0, 0.05) is 17.3 Å². The topological polar surface area (TPSA) is 62.2 Å². The van der Waals surface area contributed by atoms with Gasteiger partial charge in [0.2, 0.25) is 0 Å². The van der Waals surface area contributed by atoms with E-state index in [2.05, 4.69) is 10.3 Å². The summed E-state index contributed by atoms with van der Waals surface area (Å²) >= 11 is 0. The van der Waals surface area contributed by atoms with Gasteiger partial charge in [-0.05, 0) is 25.1 Å². The predicted molar refractivity (Wildman–Crippen MR) is 65.0 cm³/mol. The Morgan fingerprint density at radius 2 is 2.17 bits per heavy atom. The molecule has 1 aromatic heterocycles. The number of aromatic hydroxyl groups is 1. The van der Waals surface area contributed by atoms with Gasteiger partial charge >= 0.3 is 0 Å². The van der Waals surface area contributed by atoms with Crippen molar-refractivity contribution in [3.05, 3.63) is 53.6 Å². The van der Waals surface area contributed by atoms with Gasteiger partial charge in [0.05, 0.1) is 11.9 Å². The Hall–Kier alpha value is -2.43. The van der Waals surface area contributed by atoms with Gasteiger partial charge in [-0.3, -0.25) is 9.78 Å². The highest BCUT2D eigenvalue weighted by Crippen LogP contribution is 2.21. The average Bonchev–Trinajstić information content (AvgIpc) is 2.35. The minimum absolute atomic E-state index is 0.0258. The van der Waals surface area contributed by atoms with Crippen LogP contribution in [-0.2, 0) is 0 Å². The molecule has 0 saturated heterocycles. The zero-order valence-corrected chi connectivity index (χ0v) is 9.64. The van der Waals surface area contributed by atoms with Crippen LogP contribution in [0.15, 0.2) is 36.7 Å². The molecule has 2 rings (SSSR count). The normalized spacial score (nSPS) is 10.1. The number of anilines is 1. The maximum atomic E-state index is 13.3. The second-order valence-corrected chi connectivity index (χ2v) is 3.76. The lowest BCUT2D eigenvalue weighted by Crippen LogP contribution is -2.14. The molecule has 2 N–H and O–H groups in total. The lowest BCUT2D eigenvalue weighted by Gasteiger charge is -2.09. The number of benzene rings is 1. The van der Waals surface area contributed by atoms with Crippen LogP contribution in [0.3, 0.4) is 0 Å². The molecular weight excluding hydrogens is 235 g/mol. The SMILES string of the molecule is Cc1c(O)cccc1C(=O)Nc1ccncc1F. The smallest absolute Gasteiger partial charge is 0.256 e. The molecule has 0 radical (unpaired) electrons. The zero-order chi connectivity index (χ0) is 13.1. The van der Waals surface area contributed by atoms with E-state index >= 15 is 0 Å². The average molecular weight is 246 g/mol. The Kier molecular flexibility index (Phi) is 3.23. The van der Waals surface area contributed by atoms with Crippen LogP contribution in [0, 0.1) is 12.7 Å². The summed E-state index contributed by atoms with van der Waals surface area (Å²) in [4.78, 5) is 15.5. The summed E-state index contributed by atoms with van der Waals surface area (Å²) in [5.74, 6) is -1.06. The molecule has 4 nitrogen and oxygen atoms in total. The van der Waals surface area contributed by atoms with E-state index in [1.165, 1.54) is 18.3 Å². The van der Waals surface area contributed by atoms with E-state index in [1.54, 1.807) is 19.1 Å². The summed E-state index contributed by atoms with van der Waals surface area (Å²) in [6.07, 6.45) is 2.40. The number of phenols is 1. The number of rotatable bonds is 2. The molecule has 0 aliphatic carbocycles. The molecule has 1 amide bonds. The van der Waals surface area contributed by atoms with Crippen LogP contribution in [0.2, 0.25) is 0 Å². The quantitative estimate of drug-likeness (QED) is 0.855. The van der Waals surface area contributed by atoms with Crippen molar-refractivity contribution in [3.8, 4) is 5.75 Å². The third kappa shape index (κ3) is 2.29. The molecule has 1 aromatic carbocycles. The van der Waals surface area contributed by atoms with Gasteiger partial charge in [-0.15, -0.1) is 0 Å². The van der Waals surface area contributed by atoms with Gasteiger partial charge in [0.1, 0.15) is 5.75 Å². The van der Waals surface area contributed by atoms with Gasteiger partial charge in [-0.25, -0.2) is 4.39 Å². The molecule has 2 aromatic rings. The van der Waals surface area contributed by atoms with Crippen molar-refractivity contribution in [1.82, 2.24) is 4.98 Å². The first kappa shape index (κ1) is 12.0. The fourth-order valence-electron chi connectivity index (χ4n) is 1.54. The predicted octanol–water partition coefficient (Wildman–Crippen LogP) is 2.49. The second-order valence-electron chi connectivity index (χ2n) is 3.76. The van der Waals surface area contributed by atoms with Crippen molar-refractivity contribution in [2.75, 3.05) is 5.32 Å². The van der Waals surface area contributed by atoms with E-state index in [-0.39, 0.29) is 11.4 Å². The highest BCUT2D eigenvalue weighted by molar-refractivity contribution is 6.05. The largest absolute Gasteiger partial charge is 0.508 e. The number of nitrogens with zero attached hydrogens (tertiary/aromatic N) is 1. The first-order valence-corrected chi connectivity index (χ1v) is 5.29. The number of hydrogen-bond donors (Lipinski definition) is 2. The molecule has 18 heavy (non-hydrogen) atoms. The molecule has 0 spiro atoms. The number of pyridine rings is 1. The van der Waals surface area contributed by atoms with Crippen LogP contribution in [0.5, 0.6) is 5.75 Å². The number of phenolic OH excluding ortho intramolecular Hbond substituents is 1. The van der Waals surface area contributed by atoms with Crippen LogP contribution in [0.4, 0.5) is 10.1 Å². The van der Waals surface area contributed by atoms with Gasteiger partial charge in [0.25, 0.3) is 5.91 Å². The number of amides is 1. The van der Waals surface area contributed by atoms with Gasteiger partial charge < -0.3 is 10.4 Å². The monoisotopic (exact) mass is 246 g/mol. The molecule has 0 saturated carbocycles. The fourth-order valence-corrected chi connectivity index (χ4v) is 1.54. The maximum absolute atomic E-state index is 13.3. The van der Waals surface area contributed by atoms with Crippen LogP contribution < -0.4 is 5.32 Å². The van der Waals surface area contributed by atoms with Gasteiger partial charge in [-0.1, -0.05) is 6.07 Å². The van der Waals surface area contributed by atoms with E-state index in [0.717, 1.165) is 6.20 Å². The third-order valence-electron chi connectivity index (χ3n) is 2.57. The van der Waals surface area contributed by atoms with E-state index in [1.807, 2.05) is 0 Å². The van der Waals surface area contributed by atoms with Crippen molar-refractivity contribution in [1.29, 1.82) is 0 Å². The van der Waals surface area contributed by atoms with Crippen molar-refractivity contribution in [2.45, 2.75) is 6.92 Å². The van der Waals surface area contributed by atoms with Crippen LogP contribution in [-0.4, -0.2) is 16.0 Å². The zero-order valence-electron chi connectivity index (χ0n) is 9.64. The van der Waals surface area contributed by atoms with E-state index < -0.39 is 11.7 Å². The molecule has 1 heterocycles. The van der Waals surface area contributed by atoms with E-state index in [9.17, 15) is 14.3 Å². The summed E-state index contributed by atoms with van der Waals surface area (Å²) < 4.78 is 13.3. The summed E-state index contributed by atoms with van der Waals surface area (Å²) in [7, 11) is 0. The van der Waals surface area contributed by atoms with E-state index in [4.69, 9.17) is 0 Å². The number of carbonyl (C=O) groups is 1. The standard InChI is InChI=1S/C13H11FN2O2/c1-8-9(3-2-4-12(8)17)13(18)16-11-5-6-15-7-10(11)14/h2-7,17H,1H3,(H,15,16,18). The Labute approximate surface area is 103 Å². The first-order valence-electron chi connectivity index (χ1n) is 5.29. The van der Waals surface area contributed by atoms with E-state index in [0.29, 0.717) is 11.1 Å². The van der Waals surface area contributed by atoms with Crippen molar-refractivity contribution in [2.24, 2.45) is 0 Å². The highest BCUT2D eigenvalue weighted by Gasteiger charge is 2.13. The Morgan fingerprint density at radius 1 is 1.39 bits per heavy atom. The van der Waals surface area contributed by atoms with Crippen LogP contribution in [0.1, 0.15) is 15.9 Å². The first-order chi connectivity index (χ1) is 8.59. The number of nitrogens with one attached hydrogen (secondary N) is 1. The molecule has 0 bridgehead atoms. The summed E-state index contributed by atoms with van der Waals surface area (Å²) in [5, 5.41) is 11.9. The van der Waals surface area contributed by atoms with Crippen molar-refractivity contribution < 1.29 is 14.3 Å². The van der Waals surface area contributed by atoms with Crippen molar-refractivity contribution in [3.63, 3.8) is 0 Å².